The van der Waals surface area contributed by atoms with Crippen LogP contribution < -0.4 is 10.6 Å². The van der Waals surface area contributed by atoms with Crippen LogP contribution in [0.2, 0.25) is 0 Å². The first-order chi connectivity index (χ1) is 9.20. The number of nitrogens with two attached hydrogens (primary N) is 1. The summed E-state index contributed by atoms with van der Waals surface area (Å²) in [4.78, 5) is 5.68. The fraction of sp³-hybridized carbons (Fsp3) is 0.538. The summed E-state index contributed by atoms with van der Waals surface area (Å²) in [5.41, 5.74) is 5.08. The molecule has 2 heterocycles. The number of anilines is 1. The van der Waals surface area contributed by atoms with Gasteiger partial charge in [-0.05, 0) is 31.4 Å². The summed E-state index contributed by atoms with van der Waals surface area (Å²) in [6.07, 6.45) is -3.56. The van der Waals surface area contributed by atoms with Gasteiger partial charge in [-0.3, -0.25) is 0 Å². The molecule has 7 heteroatoms. The van der Waals surface area contributed by atoms with Gasteiger partial charge in [0.05, 0.1) is 5.56 Å². The van der Waals surface area contributed by atoms with Gasteiger partial charge in [0.1, 0.15) is 16.5 Å². The molecule has 1 saturated heterocycles. The third-order valence-corrected chi connectivity index (χ3v) is 3.71. The lowest BCUT2D eigenvalue weighted by molar-refractivity contribution is -0.141. The Morgan fingerprint density at radius 3 is 2.50 bits per heavy atom. The zero-order valence-corrected chi connectivity index (χ0v) is 12.1. The Labute approximate surface area is 121 Å². The van der Waals surface area contributed by atoms with Crippen molar-refractivity contribution in [3.05, 3.63) is 23.4 Å². The Bertz CT molecular complexity index is 530. The van der Waals surface area contributed by atoms with Gasteiger partial charge < -0.3 is 10.6 Å². The molecule has 0 bridgehead atoms. The van der Waals surface area contributed by atoms with Crippen LogP contribution in [0, 0.1) is 5.92 Å². The quantitative estimate of drug-likeness (QED) is 0.853. The monoisotopic (exact) mass is 303 g/mol. The highest BCUT2D eigenvalue weighted by Crippen LogP contribution is 2.34. The highest BCUT2D eigenvalue weighted by atomic mass is 32.1. The Morgan fingerprint density at radius 2 is 2.05 bits per heavy atom. The first-order valence-corrected chi connectivity index (χ1v) is 6.75. The molecule has 1 aliphatic rings. The van der Waals surface area contributed by atoms with Crippen LogP contribution >= 0.6 is 12.2 Å². The standard InChI is InChI=1S/C13H16F3N3S/c1-7-5-8(2)19(6-7)12-9(11(17)20)3-4-10(18-12)13(14,15)16/h3-4,7-8H,5-6H2,1-2H3,(H2,17,20). The van der Waals surface area contributed by atoms with Crippen molar-refractivity contribution in [1.82, 2.24) is 4.98 Å². The van der Waals surface area contributed by atoms with Gasteiger partial charge in [0.2, 0.25) is 0 Å². The normalized spacial score (nSPS) is 23.1. The Hall–Kier alpha value is -1.37. The van der Waals surface area contributed by atoms with Crippen LogP contribution in [0.4, 0.5) is 19.0 Å². The molecular weight excluding hydrogens is 287 g/mol. The Balaban J connectivity index is 2.50. The second-order valence-electron chi connectivity index (χ2n) is 5.27. The van der Waals surface area contributed by atoms with E-state index in [0.29, 0.717) is 18.0 Å². The molecule has 0 saturated carbocycles. The topological polar surface area (TPSA) is 42.2 Å². The van der Waals surface area contributed by atoms with Gasteiger partial charge in [0.25, 0.3) is 0 Å². The van der Waals surface area contributed by atoms with Crippen molar-refractivity contribution < 1.29 is 13.2 Å². The second-order valence-corrected chi connectivity index (χ2v) is 5.71. The molecule has 0 aromatic carbocycles. The molecule has 0 radical (unpaired) electrons. The number of hydrogen-bond donors (Lipinski definition) is 1. The maximum Gasteiger partial charge on any atom is 0.433 e. The number of pyridine rings is 1. The van der Waals surface area contributed by atoms with E-state index in [0.717, 1.165) is 12.5 Å². The lowest BCUT2D eigenvalue weighted by Gasteiger charge is -2.25. The molecule has 0 aliphatic carbocycles. The predicted molar refractivity (Wildman–Crippen MR) is 75.7 cm³/mol. The van der Waals surface area contributed by atoms with Gasteiger partial charge >= 0.3 is 6.18 Å². The lowest BCUT2D eigenvalue weighted by Crippen LogP contribution is -2.31. The van der Waals surface area contributed by atoms with Crippen LogP contribution in [0.15, 0.2) is 12.1 Å². The highest BCUT2D eigenvalue weighted by molar-refractivity contribution is 7.80. The fourth-order valence-electron chi connectivity index (χ4n) is 2.61. The molecule has 0 spiro atoms. The minimum Gasteiger partial charge on any atom is -0.389 e. The minimum absolute atomic E-state index is 0.0629. The summed E-state index contributed by atoms with van der Waals surface area (Å²) >= 11 is 4.92. The summed E-state index contributed by atoms with van der Waals surface area (Å²) in [6.45, 7) is 4.68. The van der Waals surface area contributed by atoms with Crippen molar-refractivity contribution in [3.8, 4) is 0 Å². The molecular formula is C13H16F3N3S. The summed E-state index contributed by atoms with van der Waals surface area (Å²) in [5, 5.41) is 0. The third-order valence-electron chi connectivity index (χ3n) is 3.49. The summed E-state index contributed by atoms with van der Waals surface area (Å²) in [5.74, 6) is 0.643. The first kappa shape index (κ1) is 15.0. The maximum absolute atomic E-state index is 12.8. The molecule has 20 heavy (non-hydrogen) atoms. The van der Waals surface area contributed by atoms with E-state index in [4.69, 9.17) is 18.0 Å². The number of halogens is 3. The van der Waals surface area contributed by atoms with Crippen LogP contribution in [0.1, 0.15) is 31.5 Å². The smallest absolute Gasteiger partial charge is 0.389 e. The zero-order valence-electron chi connectivity index (χ0n) is 11.2. The van der Waals surface area contributed by atoms with Gasteiger partial charge in [-0.15, -0.1) is 0 Å². The van der Waals surface area contributed by atoms with E-state index < -0.39 is 11.9 Å². The average molecular weight is 303 g/mol. The van der Waals surface area contributed by atoms with Gasteiger partial charge in [-0.25, -0.2) is 4.98 Å². The largest absolute Gasteiger partial charge is 0.433 e. The van der Waals surface area contributed by atoms with Gasteiger partial charge in [-0.2, -0.15) is 13.2 Å². The second kappa shape index (κ2) is 5.20. The van der Waals surface area contributed by atoms with Crippen molar-refractivity contribution in [2.45, 2.75) is 32.5 Å². The summed E-state index contributed by atoms with van der Waals surface area (Å²) in [6, 6.07) is 2.35. The van der Waals surface area contributed by atoms with Crippen molar-refractivity contribution in [2.75, 3.05) is 11.4 Å². The predicted octanol–water partition coefficient (Wildman–Crippen LogP) is 2.97. The number of aromatic nitrogens is 1. The molecule has 3 nitrogen and oxygen atoms in total. The number of thiocarbonyl (C=S) groups is 1. The van der Waals surface area contributed by atoms with E-state index in [9.17, 15) is 13.2 Å². The van der Waals surface area contributed by atoms with E-state index in [1.165, 1.54) is 6.07 Å². The highest BCUT2D eigenvalue weighted by Gasteiger charge is 2.35. The number of hydrogen-bond acceptors (Lipinski definition) is 3. The van der Waals surface area contributed by atoms with Crippen LogP contribution in [0.25, 0.3) is 0 Å². The van der Waals surface area contributed by atoms with Crippen molar-refractivity contribution in [1.29, 1.82) is 0 Å². The Morgan fingerprint density at radius 1 is 1.40 bits per heavy atom. The molecule has 2 N–H and O–H groups in total. The third kappa shape index (κ3) is 2.87. The van der Waals surface area contributed by atoms with Gasteiger partial charge in [-0.1, -0.05) is 19.1 Å². The average Bonchev–Trinajstić information content (AvgIpc) is 2.66. The van der Waals surface area contributed by atoms with E-state index in [2.05, 4.69) is 11.9 Å². The fourth-order valence-corrected chi connectivity index (χ4v) is 2.77. The van der Waals surface area contributed by atoms with Crippen LogP contribution in [0.5, 0.6) is 0 Å². The maximum atomic E-state index is 12.8. The number of rotatable bonds is 2. The van der Waals surface area contributed by atoms with Gasteiger partial charge in [0, 0.05) is 12.6 Å². The SMILES string of the molecule is CC1CC(C)N(c2nc(C(F)(F)F)ccc2C(N)=S)C1. The molecule has 2 rings (SSSR count). The molecule has 1 aromatic heterocycles. The van der Waals surface area contributed by atoms with Crippen molar-refractivity contribution >= 4 is 23.0 Å². The molecule has 1 aliphatic heterocycles. The summed E-state index contributed by atoms with van der Waals surface area (Å²) < 4.78 is 38.4. The summed E-state index contributed by atoms with van der Waals surface area (Å²) in [7, 11) is 0. The van der Waals surface area contributed by atoms with Crippen LogP contribution in [-0.4, -0.2) is 22.6 Å². The van der Waals surface area contributed by atoms with E-state index >= 15 is 0 Å². The van der Waals surface area contributed by atoms with Crippen molar-refractivity contribution in [2.24, 2.45) is 11.7 Å². The first-order valence-electron chi connectivity index (χ1n) is 6.35. The van der Waals surface area contributed by atoms with E-state index in [1.807, 2.05) is 11.8 Å². The van der Waals surface area contributed by atoms with Crippen molar-refractivity contribution in [3.63, 3.8) is 0 Å². The molecule has 0 amide bonds. The number of nitrogens with zero attached hydrogens (tertiary/aromatic N) is 2. The van der Waals surface area contributed by atoms with E-state index in [1.54, 1.807) is 0 Å². The molecule has 2 unspecified atom stereocenters. The molecule has 2 atom stereocenters. The molecule has 110 valence electrons. The lowest BCUT2D eigenvalue weighted by atomic mass is 10.1. The Kier molecular flexibility index (Phi) is 3.90. The van der Waals surface area contributed by atoms with Crippen LogP contribution in [0.3, 0.4) is 0 Å². The number of alkyl halides is 3. The van der Waals surface area contributed by atoms with E-state index in [-0.39, 0.29) is 16.8 Å². The van der Waals surface area contributed by atoms with Gasteiger partial charge in [0.15, 0.2) is 0 Å². The minimum atomic E-state index is -4.47. The zero-order chi connectivity index (χ0) is 15.1. The molecule has 1 fully saturated rings. The van der Waals surface area contributed by atoms with Crippen LogP contribution in [-0.2, 0) is 6.18 Å². The molecule has 1 aromatic rings.